The number of anilines is 1. The van der Waals surface area contributed by atoms with E-state index in [2.05, 4.69) is 16.7 Å². The molecule has 2 N–H and O–H groups in total. The fraction of sp³-hybridized carbons (Fsp3) is 0.407. The van der Waals surface area contributed by atoms with E-state index in [4.69, 9.17) is 4.74 Å². The molecule has 1 aliphatic heterocycles. The van der Waals surface area contributed by atoms with Crippen LogP contribution in [-0.4, -0.2) is 60.8 Å². The number of aldehydes is 1. The van der Waals surface area contributed by atoms with E-state index in [-0.39, 0.29) is 24.5 Å². The molecule has 0 saturated heterocycles. The average Bonchev–Trinajstić information content (AvgIpc) is 3.13. The molecule has 4 rings (SSSR count). The Balaban J connectivity index is 1.43. The molecule has 36 heavy (non-hydrogen) atoms. The lowest BCUT2D eigenvalue weighted by Gasteiger charge is -2.31. The number of ether oxygens (including phenoxy) is 1. The van der Waals surface area contributed by atoms with Crippen LogP contribution in [0.25, 0.3) is 0 Å². The van der Waals surface area contributed by atoms with Gasteiger partial charge in [0.05, 0.1) is 0 Å². The first-order valence-electron chi connectivity index (χ1n) is 12.1. The van der Waals surface area contributed by atoms with E-state index in [1.165, 1.54) is 24.6 Å². The monoisotopic (exact) mass is 492 g/mol. The van der Waals surface area contributed by atoms with Gasteiger partial charge < -0.3 is 25.2 Å². The Bertz CT molecular complexity index is 1180. The molecular weight excluding hydrogens is 460 g/mol. The summed E-state index contributed by atoms with van der Waals surface area (Å²) in [6.07, 6.45) is 2.46. The van der Waals surface area contributed by atoms with Crippen molar-refractivity contribution in [2.75, 3.05) is 26.0 Å². The van der Waals surface area contributed by atoms with E-state index in [0.29, 0.717) is 36.9 Å². The van der Waals surface area contributed by atoms with Crippen molar-refractivity contribution < 1.29 is 23.9 Å². The molecule has 0 aromatic heterocycles. The molecule has 190 valence electrons. The van der Waals surface area contributed by atoms with Crippen LogP contribution in [0.4, 0.5) is 15.3 Å². The lowest BCUT2D eigenvalue weighted by atomic mass is 9.97. The third-order valence-corrected chi connectivity index (χ3v) is 7.10. The van der Waals surface area contributed by atoms with Crippen LogP contribution in [0.3, 0.4) is 0 Å². The Labute approximate surface area is 210 Å². The van der Waals surface area contributed by atoms with E-state index < -0.39 is 11.7 Å². The van der Waals surface area contributed by atoms with Crippen LogP contribution >= 0.6 is 0 Å². The van der Waals surface area contributed by atoms with Gasteiger partial charge >= 0.3 is 12.1 Å². The van der Waals surface area contributed by atoms with Crippen molar-refractivity contribution in [2.45, 2.75) is 50.8 Å². The molecule has 0 saturated carbocycles. The summed E-state index contributed by atoms with van der Waals surface area (Å²) in [7, 11) is 3.02. The summed E-state index contributed by atoms with van der Waals surface area (Å²) in [6.45, 7) is 2.37. The second-order valence-corrected chi connectivity index (χ2v) is 9.49. The summed E-state index contributed by atoms with van der Waals surface area (Å²) in [6, 6.07) is 12.9. The standard InChI is InChI=1S/C27H32N4O5/c1-18-8-9-19-6-4-5-7-21(19)15-31(18)24(33)16-30(3)26(35)36-27(17-32)13-12-20-14-22(10-11-23(20)27)29-25(34)28-2/h4-7,10-11,14,17-18H,8-9,12-13,15-16H2,1-3H3,(H2,28,29,34)/t18-,27-/m1/s1. The first-order chi connectivity index (χ1) is 17.3. The van der Waals surface area contributed by atoms with Gasteiger partial charge in [-0.15, -0.1) is 0 Å². The molecule has 9 heteroatoms. The zero-order valence-corrected chi connectivity index (χ0v) is 20.9. The van der Waals surface area contributed by atoms with Crippen LogP contribution in [0.15, 0.2) is 42.5 Å². The maximum atomic E-state index is 13.2. The van der Waals surface area contributed by atoms with E-state index >= 15 is 0 Å². The third kappa shape index (κ3) is 5.05. The van der Waals surface area contributed by atoms with Crippen molar-refractivity contribution in [2.24, 2.45) is 0 Å². The van der Waals surface area contributed by atoms with Crippen molar-refractivity contribution in [1.82, 2.24) is 15.1 Å². The van der Waals surface area contributed by atoms with E-state index in [1.54, 1.807) is 23.1 Å². The van der Waals surface area contributed by atoms with Gasteiger partial charge in [0.25, 0.3) is 0 Å². The van der Waals surface area contributed by atoms with Gasteiger partial charge in [-0.25, -0.2) is 9.59 Å². The number of hydrogen-bond donors (Lipinski definition) is 2. The second kappa shape index (κ2) is 10.4. The van der Waals surface area contributed by atoms with Crippen molar-refractivity contribution >= 4 is 30.0 Å². The minimum Gasteiger partial charge on any atom is -0.430 e. The second-order valence-electron chi connectivity index (χ2n) is 9.49. The largest absolute Gasteiger partial charge is 0.430 e. The molecule has 2 aliphatic rings. The Morgan fingerprint density at radius 1 is 1.14 bits per heavy atom. The Hall–Kier alpha value is -3.88. The predicted molar refractivity (Wildman–Crippen MR) is 134 cm³/mol. The third-order valence-electron chi connectivity index (χ3n) is 7.10. The van der Waals surface area contributed by atoms with Crippen molar-refractivity contribution in [3.63, 3.8) is 0 Å². The van der Waals surface area contributed by atoms with Gasteiger partial charge in [-0.1, -0.05) is 30.3 Å². The maximum Gasteiger partial charge on any atom is 0.411 e. The first kappa shape index (κ1) is 25.2. The normalized spacial score (nSPS) is 20.4. The Kier molecular flexibility index (Phi) is 7.28. The predicted octanol–water partition coefficient (Wildman–Crippen LogP) is 3.21. The highest BCUT2D eigenvalue weighted by atomic mass is 16.6. The van der Waals surface area contributed by atoms with Crippen LogP contribution in [0.1, 0.15) is 42.0 Å². The molecule has 0 radical (unpaired) electrons. The number of carbonyl (C=O) groups excluding carboxylic acids is 4. The van der Waals surface area contributed by atoms with E-state index in [9.17, 15) is 19.2 Å². The average molecular weight is 493 g/mol. The molecule has 1 aliphatic carbocycles. The maximum absolute atomic E-state index is 13.2. The molecule has 2 aromatic rings. The lowest BCUT2D eigenvalue weighted by molar-refractivity contribution is -0.135. The fourth-order valence-corrected chi connectivity index (χ4v) is 4.93. The van der Waals surface area contributed by atoms with E-state index in [1.807, 2.05) is 25.1 Å². The first-order valence-corrected chi connectivity index (χ1v) is 12.1. The van der Waals surface area contributed by atoms with Crippen LogP contribution < -0.4 is 10.6 Å². The Morgan fingerprint density at radius 3 is 2.61 bits per heavy atom. The lowest BCUT2D eigenvalue weighted by Crippen LogP contribution is -2.46. The highest BCUT2D eigenvalue weighted by Crippen LogP contribution is 2.40. The number of benzene rings is 2. The highest BCUT2D eigenvalue weighted by molar-refractivity contribution is 5.89. The smallest absolute Gasteiger partial charge is 0.411 e. The van der Waals surface area contributed by atoms with Gasteiger partial charge in [0.15, 0.2) is 11.9 Å². The Morgan fingerprint density at radius 2 is 1.89 bits per heavy atom. The minimum atomic E-state index is -1.43. The number of likely N-dealkylation sites (N-methyl/N-ethyl adjacent to an activating group) is 1. The molecule has 2 aromatic carbocycles. The number of fused-ring (bicyclic) bond motifs is 2. The SMILES string of the molecule is CNC(=O)Nc1ccc2c(c1)CC[C@]2(C=O)OC(=O)N(C)CC(=O)N1Cc2ccccc2CC[C@H]1C. The number of hydrogen-bond acceptors (Lipinski definition) is 5. The topological polar surface area (TPSA) is 108 Å². The van der Waals surface area contributed by atoms with Gasteiger partial charge in [-0.05, 0) is 55.0 Å². The number of amides is 4. The number of rotatable bonds is 5. The number of urea groups is 1. The van der Waals surface area contributed by atoms with Gasteiger partial charge in [0.1, 0.15) is 6.54 Å². The molecule has 0 unspecified atom stereocenters. The summed E-state index contributed by atoms with van der Waals surface area (Å²) in [4.78, 5) is 53.0. The van der Waals surface area contributed by atoms with Gasteiger partial charge in [0, 0.05) is 44.4 Å². The summed E-state index contributed by atoms with van der Waals surface area (Å²) < 4.78 is 5.72. The summed E-state index contributed by atoms with van der Waals surface area (Å²) in [5.41, 5.74) is 2.92. The van der Waals surface area contributed by atoms with Crippen molar-refractivity contribution in [3.8, 4) is 0 Å². The summed E-state index contributed by atoms with van der Waals surface area (Å²) in [5, 5.41) is 5.18. The van der Waals surface area contributed by atoms with Crippen molar-refractivity contribution in [3.05, 3.63) is 64.7 Å². The molecule has 9 nitrogen and oxygen atoms in total. The van der Waals surface area contributed by atoms with Crippen molar-refractivity contribution in [1.29, 1.82) is 0 Å². The van der Waals surface area contributed by atoms with Crippen LogP contribution in [0.2, 0.25) is 0 Å². The van der Waals surface area contributed by atoms with Gasteiger partial charge in [-0.2, -0.15) is 0 Å². The quantitative estimate of drug-likeness (QED) is 0.623. The van der Waals surface area contributed by atoms with Crippen LogP contribution in [-0.2, 0) is 39.3 Å². The minimum absolute atomic E-state index is 0.0370. The van der Waals surface area contributed by atoms with Gasteiger partial charge in [0.2, 0.25) is 5.91 Å². The van der Waals surface area contributed by atoms with E-state index in [0.717, 1.165) is 24.0 Å². The molecule has 4 amide bonds. The number of aryl methyl sites for hydroxylation is 2. The van der Waals surface area contributed by atoms with Crippen LogP contribution in [0, 0.1) is 0 Å². The molecule has 1 heterocycles. The zero-order valence-electron chi connectivity index (χ0n) is 20.9. The van der Waals surface area contributed by atoms with Crippen LogP contribution in [0.5, 0.6) is 0 Å². The highest BCUT2D eigenvalue weighted by Gasteiger charge is 2.43. The molecule has 0 spiro atoms. The molecular formula is C27H32N4O5. The molecule has 0 bridgehead atoms. The molecule has 0 fully saturated rings. The number of carbonyl (C=O) groups is 4. The summed E-state index contributed by atoms with van der Waals surface area (Å²) in [5.74, 6) is -0.171. The number of nitrogens with one attached hydrogen (secondary N) is 2. The fourth-order valence-electron chi connectivity index (χ4n) is 4.93. The number of nitrogens with zero attached hydrogens (tertiary/aromatic N) is 2. The zero-order chi connectivity index (χ0) is 25.9. The molecule has 2 atom stereocenters. The summed E-state index contributed by atoms with van der Waals surface area (Å²) >= 11 is 0. The van der Waals surface area contributed by atoms with Gasteiger partial charge in [-0.3, -0.25) is 9.59 Å².